The Morgan fingerprint density at radius 1 is 0.525 bits per heavy atom. The van der Waals surface area contributed by atoms with Crippen LogP contribution in [0.5, 0.6) is 28.7 Å². The topological polar surface area (TPSA) is 116 Å². The van der Waals surface area contributed by atoms with Gasteiger partial charge in [0.2, 0.25) is 32.0 Å². The fraction of sp³-hybridized carbons (Fsp3) is 0.107. The fourth-order valence-corrected chi connectivity index (χ4v) is 2.71. The molecule has 12 heteroatoms. The molecule has 208 valence electrons. The molecule has 0 atom stereocenters. The summed E-state index contributed by atoms with van der Waals surface area (Å²) in [4.78, 5) is 34.3. The molecule has 0 radical (unpaired) electrons. The summed E-state index contributed by atoms with van der Waals surface area (Å²) < 4.78 is 60.6. The van der Waals surface area contributed by atoms with Gasteiger partial charge < -0.3 is 33.2 Å². The summed E-state index contributed by atoms with van der Waals surface area (Å²) >= 11 is 0. The average molecular weight is 556 g/mol. The number of hydrogen-bond donors (Lipinski definition) is 0. The molecule has 3 aromatic carbocycles. The van der Waals surface area contributed by atoms with Crippen LogP contribution in [0.2, 0.25) is 0 Å². The van der Waals surface area contributed by atoms with Gasteiger partial charge in [0.1, 0.15) is 28.7 Å². The van der Waals surface area contributed by atoms with Crippen LogP contribution in [0, 0.1) is 0 Å². The van der Waals surface area contributed by atoms with E-state index in [0.29, 0.717) is 17.2 Å². The molecule has 0 heterocycles. The molecule has 0 aliphatic heterocycles. The zero-order chi connectivity index (χ0) is 28.9. The van der Waals surface area contributed by atoms with Crippen molar-refractivity contribution in [3.63, 3.8) is 0 Å². The van der Waals surface area contributed by atoms with Crippen LogP contribution < -0.4 is 23.7 Å². The van der Waals surface area contributed by atoms with Crippen molar-refractivity contribution in [1.82, 2.24) is 0 Å². The molecular formula is C28H22F2O10. The summed E-state index contributed by atoms with van der Waals surface area (Å²) in [7, 11) is 0. The van der Waals surface area contributed by atoms with Gasteiger partial charge in [0.25, 0.3) is 0 Å². The monoisotopic (exact) mass is 556 g/mol. The number of carbonyl (C=O) groups is 3. The second-order valence-electron chi connectivity index (χ2n) is 7.46. The Hall–Kier alpha value is -5.39. The van der Waals surface area contributed by atoms with Gasteiger partial charge in [-0.15, -0.1) is 0 Å². The Morgan fingerprint density at radius 3 is 1.23 bits per heavy atom. The maximum absolute atomic E-state index is 12.5. The van der Waals surface area contributed by atoms with Crippen molar-refractivity contribution < 1.29 is 56.3 Å². The third-order valence-electron chi connectivity index (χ3n) is 4.67. The molecule has 0 N–H and O–H groups in total. The second-order valence-corrected chi connectivity index (χ2v) is 7.46. The summed E-state index contributed by atoms with van der Waals surface area (Å²) in [6, 6.07) is 18.3. The largest absolute Gasteiger partial charge is 0.457 e. The highest BCUT2D eigenvalue weighted by molar-refractivity contribution is 5.91. The summed E-state index contributed by atoms with van der Waals surface area (Å²) in [5, 5.41) is 0. The van der Waals surface area contributed by atoms with Crippen LogP contribution in [0.3, 0.4) is 0 Å². The zero-order valence-corrected chi connectivity index (χ0v) is 20.8. The minimum atomic E-state index is -1.24. The van der Waals surface area contributed by atoms with E-state index < -0.39 is 43.1 Å². The van der Waals surface area contributed by atoms with Crippen LogP contribution in [0.15, 0.2) is 97.6 Å². The van der Waals surface area contributed by atoms with E-state index in [0.717, 1.165) is 0 Å². The average Bonchev–Trinajstić information content (AvgIpc) is 2.95. The van der Waals surface area contributed by atoms with Crippen molar-refractivity contribution >= 4 is 17.9 Å². The van der Waals surface area contributed by atoms with Crippen molar-refractivity contribution in [2.24, 2.45) is 0 Å². The molecule has 0 aromatic heterocycles. The van der Waals surface area contributed by atoms with Crippen LogP contribution in [-0.2, 0) is 19.1 Å². The van der Waals surface area contributed by atoms with Crippen LogP contribution in [0.1, 0.15) is 10.4 Å². The molecule has 0 fully saturated rings. The Morgan fingerprint density at radius 2 is 0.850 bits per heavy atom. The second kappa shape index (κ2) is 14.5. The molecule has 0 unspecified atom stereocenters. The zero-order valence-electron chi connectivity index (χ0n) is 20.8. The number of benzene rings is 3. The number of rotatable bonds is 14. The maximum atomic E-state index is 12.5. The first-order chi connectivity index (χ1) is 19.2. The molecule has 0 amide bonds. The van der Waals surface area contributed by atoms with Gasteiger partial charge in [0.15, 0.2) is 0 Å². The number of carbonyl (C=O) groups excluding carboxylic acids is 3. The molecule has 0 saturated heterocycles. The predicted molar refractivity (Wildman–Crippen MR) is 134 cm³/mol. The van der Waals surface area contributed by atoms with E-state index in [2.05, 4.69) is 22.6 Å². The van der Waals surface area contributed by atoms with E-state index in [4.69, 9.17) is 23.7 Å². The lowest BCUT2D eigenvalue weighted by Crippen LogP contribution is -2.11. The molecule has 0 bridgehead atoms. The number of ether oxygens (including phenoxy) is 7. The molecule has 40 heavy (non-hydrogen) atoms. The van der Waals surface area contributed by atoms with Crippen LogP contribution in [0.25, 0.3) is 0 Å². The van der Waals surface area contributed by atoms with E-state index in [1.54, 1.807) is 36.4 Å². The first-order valence-electron chi connectivity index (χ1n) is 11.3. The van der Waals surface area contributed by atoms with Gasteiger partial charge >= 0.3 is 17.9 Å². The highest BCUT2D eigenvalue weighted by atomic mass is 19.1. The quantitative estimate of drug-likeness (QED) is 0.116. The van der Waals surface area contributed by atoms with E-state index in [-0.39, 0.29) is 23.9 Å². The third-order valence-corrected chi connectivity index (χ3v) is 4.67. The summed E-state index contributed by atoms with van der Waals surface area (Å²) in [5.41, 5.74) is 0.235. The highest BCUT2D eigenvalue weighted by Crippen LogP contribution is 2.21. The molecule has 0 aliphatic carbocycles. The lowest BCUT2D eigenvalue weighted by Gasteiger charge is -2.10. The molecule has 0 spiro atoms. The van der Waals surface area contributed by atoms with Gasteiger partial charge in [-0.3, -0.25) is 0 Å². The van der Waals surface area contributed by atoms with E-state index in [1.165, 1.54) is 36.4 Å². The minimum Gasteiger partial charge on any atom is -0.457 e. The van der Waals surface area contributed by atoms with Crippen LogP contribution in [-0.4, -0.2) is 38.3 Å². The van der Waals surface area contributed by atoms with Gasteiger partial charge in [0.05, 0.1) is 5.56 Å². The summed E-state index contributed by atoms with van der Waals surface area (Å²) in [6.45, 7) is 4.51. The van der Waals surface area contributed by atoms with E-state index in [9.17, 15) is 23.2 Å². The predicted octanol–water partition coefficient (Wildman–Crippen LogP) is 5.05. The maximum Gasteiger partial charge on any atom is 0.369 e. The fourth-order valence-electron chi connectivity index (χ4n) is 2.71. The number of esters is 3. The minimum absolute atomic E-state index is 0.119. The molecule has 3 aromatic rings. The molecular weight excluding hydrogens is 534 g/mol. The normalized spacial score (nSPS) is 10.1. The van der Waals surface area contributed by atoms with E-state index >= 15 is 0 Å². The number of hydrogen-bond acceptors (Lipinski definition) is 10. The SMILES string of the molecule is C=C(F)C(=O)OCOc1ccc(OCOc2ccc(OC(=O)c3ccc(OCOC(=O)C(=C)F)cc3)cc2)cc1. The van der Waals surface area contributed by atoms with E-state index in [1.807, 2.05) is 0 Å². The Balaban J connectivity index is 1.38. The van der Waals surface area contributed by atoms with Crippen molar-refractivity contribution in [2.75, 3.05) is 20.4 Å². The summed E-state index contributed by atoms with van der Waals surface area (Å²) in [6.07, 6.45) is 0. The molecule has 0 saturated carbocycles. The molecule has 3 rings (SSSR count). The Kier molecular flexibility index (Phi) is 10.6. The lowest BCUT2D eigenvalue weighted by atomic mass is 10.2. The van der Waals surface area contributed by atoms with Crippen LogP contribution in [0.4, 0.5) is 8.78 Å². The third kappa shape index (κ3) is 9.49. The van der Waals surface area contributed by atoms with Gasteiger partial charge in [-0.25, -0.2) is 14.4 Å². The lowest BCUT2D eigenvalue weighted by molar-refractivity contribution is -0.148. The van der Waals surface area contributed by atoms with Gasteiger partial charge in [0, 0.05) is 0 Å². The van der Waals surface area contributed by atoms with Gasteiger partial charge in [-0.1, -0.05) is 13.2 Å². The van der Waals surface area contributed by atoms with Crippen molar-refractivity contribution in [1.29, 1.82) is 0 Å². The van der Waals surface area contributed by atoms with Crippen molar-refractivity contribution in [3.8, 4) is 28.7 Å². The van der Waals surface area contributed by atoms with Crippen molar-refractivity contribution in [3.05, 3.63) is 103 Å². The molecule has 0 aliphatic rings. The Bertz CT molecular complexity index is 1340. The van der Waals surface area contributed by atoms with Crippen LogP contribution >= 0.6 is 0 Å². The summed E-state index contributed by atoms with van der Waals surface area (Å²) in [5.74, 6) is -3.66. The first kappa shape index (κ1) is 29.2. The number of halogens is 2. The first-order valence-corrected chi connectivity index (χ1v) is 11.3. The molecule has 10 nitrogen and oxygen atoms in total. The van der Waals surface area contributed by atoms with Crippen molar-refractivity contribution in [2.45, 2.75) is 0 Å². The smallest absolute Gasteiger partial charge is 0.369 e. The van der Waals surface area contributed by atoms with Gasteiger partial charge in [-0.2, -0.15) is 8.78 Å². The highest BCUT2D eigenvalue weighted by Gasteiger charge is 2.11. The standard InChI is InChI=1S/C28H22F2O10/c1-18(29)26(31)38-16-36-21-5-3-20(4-6-21)28(33)40-25-13-11-24(12-14-25)35-15-34-22-7-9-23(10-8-22)37-17-39-27(32)19(2)30/h3-14H,1-2,15-17H2. The Labute approximate surface area is 226 Å². The van der Waals surface area contributed by atoms with Gasteiger partial charge in [-0.05, 0) is 72.8 Å².